The van der Waals surface area contributed by atoms with Gasteiger partial charge in [0, 0.05) is 11.8 Å². The Labute approximate surface area is 144 Å². The van der Waals surface area contributed by atoms with Gasteiger partial charge in [-0.2, -0.15) is 0 Å². The Bertz CT molecular complexity index is 991. The molecule has 6 heteroatoms. The number of rotatable bonds is 3. The molecule has 1 aliphatic rings. The summed E-state index contributed by atoms with van der Waals surface area (Å²) in [6.07, 6.45) is 0. The van der Waals surface area contributed by atoms with Crippen LogP contribution >= 0.6 is 0 Å². The number of nitrogens with one attached hydrogen (secondary N) is 2. The highest BCUT2D eigenvalue weighted by molar-refractivity contribution is 6.05. The van der Waals surface area contributed by atoms with Gasteiger partial charge in [-0.15, -0.1) is 0 Å². The summed E-state index contributed by atoms with van der Waals surface area (Å²) in [5.74, 6) is 1.45. The van der Waals surface area contributed by atoms with Gasteiger partial charge in [0.05, 0.1) is 29.6 Å². The molecule has 3 N–H and O–H groups in total. The fraction of sp³-hybridized carbons (Fsp3) is 0.263. The van der Waals surface area contributed by atoms with Crippen LogP contribution in [0.4, 0.5) is 5.69 Å². The number of methoxy groups -OCH3 is 1. The maximum atomic E-state index is 12.2. The number of benzene rings is 2. The fourth-order valence-corrected chi connectivity index (χ4v) is 3.46. The van der Waals surface area contributed by atoms with Crippen LogP contribution in [-0.2, 0) is 4.79 Å². The molecule has 2 aromatic carbocycles. The van der Waals surface area contributed by atoms with E-state index >= 15 is 0 Å². The molecule has 0 bridgehead atoms. The number of phenols is 1. The van der Waals surface area contributed by atoms with Crippen molar-refractivity contribution in [3.63, 3.8) is 0 Å². The smallest absolute Gasteiger partial charge is 0.232 e. The number of H-pyrrole nitrogens is 1. The fourth-order valence-electron chi connectivity index (χ4n) is 3.46. The van der Waals surface area contributed by atoms with E-state index in [0.29, 0.717) is 11.6 Å². The third-order valence-corrected chi connectivity index (χ3v) is 4.64. The number of phenolic OH excluding ortho intramolecular Hbond substituents is 1. The summed E-state index contributed by atoms with van der Waals surface area (Å²) in [7, 11) is 1.55. The number of carbonyl (C=O) groups is 1. The second-order valence-electron chi connectivity index (χ2n) is 6.64. The second-order valence-corrected chi connectivity index (χ2v) is 6.64. The molecule has 3 aromatic rings. The second kappa shape index (κ2) is 5.51. The average molecular weight is 337 g/mol. The van der Waals surface area contributed by atoms with Crippen LogP contribution in [0.5, 0.6) is 11.5 Å². The van der Waals surface area contributed by atoms with Crippen LogP contribution in [0.2, 0.25) is 0 Å². The minimum absolute atomic E-state index is 0.0399. The van der Waals surface area contributed by atoms with Gasteiger partial charge in [-0.3, -0.25) is 4.79 Å². The van der Waals surface area contributed by atoms with Crippen molar-refractivity contribution in [2.24, 2.45) is 5.92 Å². The minimum Gasteiger partial charge on any atom is -0.508 e. The zero-order valence-electron chi connectivity index (χ0n) is 14.3. The molecule has 0 saturated carbocycles. The first-order chi connectivity index (χ1) is 12.0. The summed E-state index contributed by atoms with van der Waals surface area (Å²) in [6.45, 7) is 4.09. The summed E-state index contributed by atoms with van der Waals surface area (Å²) in [5, 5.41) is 12.6. The van der Waals surface area contributed by atoms with Crippen LogP contribution in [0, 0.1) is 5.92 Å². The molecule has 1 aromatic heterocycles. The largest absolute Gasteiger partial charge is 0.508 e. The summed E-state index contributed by atoms with van der Waals surface area (Å²) in [6, 6.07) is 8.81. The molecule has 0 aliphatic carbocycles. The molecule has 6 nitrogen and oxygen atoms in total. The number of aromatic amines is 1. The molecule has 2 heterocycles. The lowest BCUT2D eigenvalue weighted by atomic mass is 9.89. The number of imidazole rings is 1. The number of fused-ring (bicyclic) bond motifs is 2. The van der Waals surface area contributed by atoms with Gasteiger partial charge in [-0.05, 0) is 35.7 Å². The van der Waals surface area contributed by atoms with Crippen molar-refractivity contribution in [2.45, 2.75) is 19.8 Å². The van der Waals surface area contributed by atoms with Gasteiger partial charge < -0.3 is 20.1 Å². The van der Waals surface area contributed by atoms with Crippen molar-refractivity contribution in [3.05, 3.63) is 35.9 Å². The lowest BCUT2D eigenvalue weighted by molar-refractivity contribution is -0.117. The molecule has 25 heavy (non-hydrogen) atoms. The van der Waals surface area contributed by atoms with Crippen LogP contribution in [-0.4, -0.2) is 28.1 Å². The molecule has 128 valence electrons. The van der Waals surface area contributed by atoms with Crippen LogP contribution < -0.4 is 10.1 Å². The quantitative estimate of drug-likeness (QED) is 0.681. The zero-order chi connectivity index (χ0) is 17.7. The molecule has 0 spiro atoms. The van der Waals surface area contributed by atoms with Crippen LogP contribution in [0.15, 0.2) is 30.3 Å². The molecule has 1 unspecified atom stereocenters. The molecule has 1 atom stereocenters. The Morgan fingerprint density at radius 3 is 2.76 bits per heavy atom. The van der Waals surface area contributed by atoms with Gasteiger partial charge >= 0.3 is 0 Å². The molecule has 1 amide bonds. The van der Waals surface area contributed by atoms with E-state index in [2.05, 4.69) is 15.3 Å². The number of aromatic hydroxyl groups is 1. The number of aromatic nitrogens is 2. The number of hydrogen-bond donors (Lipinski definition) is 3. The Morgan fingerprint density at radius 1 is 1.24 bits per heavy atom. The molecule has 0 fully saturated rings. The average Bonchev–Trinajstić information content (AvgIpc) is 3.11. The number of ether oxygens (including phenoxy) is 1. The highest BCUT2D eigenvalue weighted by Gasteiger charge is 2.33. The Kier molecular flexibility index (Phi) is 3.42. The van der Waals surface area contributed by atoms with Gasteiger partial charge in [-0.1, -0.05) is 13.8 Å². The summed E-state index contributed by atoms with van der Waals surface area (Å²) < 4.78 is 5.34. The Morgan fingerprint density at radius 2 is 2.04 bits per heavy atom. The van der Waals surface area contributed by atoms with Crippen molar-refractivity contribution < 1.29 is 14.6 Å². The third-order valence-electron chi connectivity index (χ3n) is 4.64. The highest BCUT2D eigenvalue weighted by Crippen LogP contribution is 2.40. The predicted molar refractivity (Wildman–Crippen MR) is 96.0 cm³/mol. The number of carbonyl (C=O) groups excluding carboxylic acids is 1. The van der Waals surface area contributed by atoms with Crippen LogP contribution in [0.1, 0.15) is 25.3 Å². The Balaban J connectivity index is 1.85. The van der Waals surface area contributed by atoms with E-state index in [1.54, 1.807) is 25.3 Å². The summed E-state index contributed by atoms with van der Waals surface area (Å²) >= 11 is 0. The first-order valence-corrected chi connectivity index (χ1v) is 8.20. The van der Waals surface area contributed by atoms with E-state index in [0.717, 1.165) is 27.8 Å². The standard InChI is InChI=1S/C19H19N3O3/c1-9(2)17-12-7-14-15(8-13(12)22-19(17)24)21-18(20-14)11-5-4-10(23)6-16(11)25-3/h4-9,17,23H,1-3H3,(H,20,21)(H,22,24). The molecule has 0 radical (unpaired) electrons. The minimum atomic E-state index is -0.144. The molecular weight excluding hydrogens is 318 g/mol. The van der Waals surface area contributed by atoms with E-state index in [9.17, 15) is 9.90 Å². The summed E-state index contributed by atoms with van der Waals surface area (Å²) in [5.41, 5.74) is 4.23. The first-order valence-electron chi connectivity index (χ1n) is 8.20. The SMILES string of the molecule is COc1cc(O)ccc1-c1nc2cc3c(cc2[nH]1)C(C(C)C)C(=O)N3. The van der Waals surface area contributed by atoms with E-state index in [1.165, 1.54) is 0 Å². The maximum Gasteiger partial charge on any atom is 0.232 e. The zero-order valence-corrected chi connectivity index (χ0v) is 14.3. The van der Waals surface area contributed by atoms with Gasteiger partial charge in [0.1, 0.15) is 17.3 Å². The molecular formula is C19H19N3O3. The predicted octanol–water partition coefficient (Wildman–Crippen LogP) is 3.64. The van der Waals surface area contributed by atoms with Crippen LogP contribution in [0.3, 0.4) is 0 Å². The first kappa shape index (κ1) is 15.5. The van der Waals surface area contributed by atoms with Crippen molar-refractivity contribution in [3.8, 4) is 22.9 Å². The van der Waals surface area contributed by atoms with Gasteiger partial charge in [0.2, 0.25) is 5.91 Å². The monoisotopic (exact) mass is 337 g/mol. The Hall–Kier alpha value is -3.02. The normalized spacial score (nSPS) is 16.3. The van der Waals surface area contributed by atoms with E-state index < -0.39 is 0 Å². The lowest BCUT2D eigenvalue weighted by Crippen LogP contribution is -2.16. The van der Waals surface area contributed by atoms with Crippen molar-refractivity contribution >= 4 is 22.6 Å². The number of nitrogens with zero attached hydrogens (tertiary/aromatic N) is 1. The number of amides is 1. The number of hydrogen-bond acceptors (Lipinski definition) is 4. The summed E-state index contributed by atoms with van der Waals surface area (Å²) in [4.78, 5) is 20.1. The van der Waals surface area contributed by atoms with Crippen molar-refractivity contribution in [1.82, 2.24) is 9.97 Å². The van der Waals surface area contributed by atoms with Crippen molar-refractivity contribution in [1.29, 1.82) is 0 Å². The third kappa shape index (κ3) is 2.41. The number of anilines is 1. The highest BCUT2D eigenvalue weighted by atomic mass is 16.5. The lowest BCUT2D eigenvalue weighted by Gasteiger charge is -2.12. The van der Waals surface area contributed by atoms with E-state index in [4.69, 9.17) is 4.74 Å². The molecule has 4 rings (SSSR count). The van der Waals surface area contributed by atoms with Crippen molar-refractivity contribution in [2.75, 3.05) is 12.4 Å². The molecule has 1 aliphatic heterocycles. The van der Waals surface area contributed by atoms with Gasteiger partial charge in [0.15, 0.2) is 0 Å². The van der Waals surface area contributed by atoms with Crippen LogP contribution in [0.25, 0.3) is 22.4 Å². The van der Waals surface area contributed by atoms with E-state index in [-0.39, 0.29) is 23.5 Å². The topological polar surface area (TPSA) is 87.2 Å². The van der Waals surface area contributed by atoms with E-state index in [1.807, 2.05) is 26.0 Å². The molecule has 0 saturated heterocycles. The van der Waals surface area contributed by atoms with Gasteiger partial charge in [0.25, 0.3) is 0 Å². The van der Waals surface area contributed by atoms with Gasteiger partial charge in [-0.25, -0.2) is 4.98 Å². The maximum absolute atomic E-state index is 12.2.